The van der Waals surface area contributed by atoms with Crippen molar-refractivity contribution in [2.24, 2.45) is 5.92 Å². The second-order valence-corrected chi connectivity index (χ2v) is 11.0. The van der Waals surface area contributed by atoms with E-state index in [9.17, 15) is 13.2 Å². The normalized spacial score (nSPS) is 15.6. The number of thioether (sulfide) groups is 1. The number of amides is 1. The van der Waals surface area contributed by atoms with Crippen LogP contribution < -0.4 is 0 Å². The monoisotopic (exact) mass is 446 g/mol. The highest BCUT2D eigenvalue weighted by Gasteiger charge is 2.27. The van der Waals surface area contributed by atoms with Crippen LogP contribution in [0.25, 0.3) is 0 Å². The van der Waals surface area contributed by atoms with Crippen LogP contribution in [0.2, 0.25) is 0 Å². The molecule has 0 bridgehead atoms. The van der Waals surface area contributed by atoms with Crippen molar-refractivity contribution in [3.05, 3.63) is 59.2 Å². The number of carbonyl (C=O) groups is 1. The third-order valence-corrected chi connectivity index (χ3v) is 8.30. The smallest absolute Gasteiger partial charge is 0.255 e. The van der Waals surface area contributed by atoms with Crippen molar-refractivity contribution in [1.82, 2.24) is 9.21 Å². The number of nitrogens with zero attached hydrogens (tertiary/aromatic N) is 2. The molecule has 1 fully saturated rings. The van der Waals surface area contributed by atoms with Crippen LogP contribution in [0.4, 0.5) is 0 Å². The van der Waals surface area contributed by atoms with Gasteiger partial charge in [-0.1, -0.05) is 36.8 Å². The van der Waals surface area contributed by atoms with Gasteiger partial charge in [-0.05, 0) is 55.7 Å². The van der Waals surface area contributed by atoms with E-state index in [4.69, 9.17) is 0 Å². The lowest BCUT2D eigenvalue weighted by Crippen LogP contribution is -2.38. The molecule has 0 N–H and O–H groups in total. The van der Waals surface area contributed by atoms with Crippen molar-refractivity contribution in [3.8, 4) is 0 Å². The van der Waals surface area contributed by atoms with E-state index in [2.05, 4.69) is 6.92 Å². The molecular weight excluding hydrogens is 416 g/mol. The molecule has 5 nitrogen and oxygen atoms in total. The first-order valence-corrected chi connectivity index (χ1v) is 12.9. The molecule has 1 aliphatic rings. The van der Waals surface area contributed by atoms with Crippen molar-refractivity contribution in [3.63, 3.8) is 0 Å². The third kappa shape index (κ3) is 5.07. The quantitative estimate of drug-likeness (QED) is 0.617. The predicted octanol–water partition coefficient (Wildman–Crippen LogP) is 4.41. The fraction of sp³-hybridized carbons (Fsp3) is 0.435. The summed E-state index contributed by atoms with van der Waals surface area (Å²) in [6.45, 7) is 5.92. The highest BCUT2D eigenvalue weighted by molar-refractivity contribution is 7.98. The average Bonchev–Trinajstić information content (AvgIpc) is 2.74. The topological polar surface area (TPSA) is 57.7 Å². The summed E-state index contributed by atoms with van der Waals surface area (Å²) in [6, 6.07) is 12.7. The Labute approximate surface area is 184 Å². The van der Waals surface area contributed by atoms with Crippen LogP contribution in [-0.2, 0) is 16.6 Å². The second kappa shape index (κ2) is 9.54. The van der Waals surface area contributed by atoms with Crippen LogP contribution in [0.15, 0.2) is 52.3 Å². The molecule has 2 aromatic carbocycles. The molecule has 1 heterocycles. The van der Waals surface area contributed by atoms with Gasteiger partial charge in [0.15, 0.2) is 0 Å². The predicted molar refractivity (Wildman–Crippen MR) is 122 cm³/mol. The number of sulfonamides is 1. The van der Waals surface area contributed by atoms with Crippen molar-refractivity contribution >= 4 is 27.7 Å². The number of hydrogen-bond acceptors (Lipinski definition) is 4. The molecular formula is C23H30N2O3S2. The van der Waals surface area contributed by atoms with Gasteiger partial charge in [0, 0.05) is 31.6 Å². The number of carbonyl (C=O) groups excluding carboxylic acids is 1. The molecule has 0 aliphatic carbocycles. The van der Waals surface area contributed by atoms with Gasteiger partial charge < -0.3 is 4.90 Å². The maximum Gasteiger partial charge on any atom is 0.255 e. The van der Waals surface area contributed by atoms with Gasteiger partial charge in [-0.15, -0.1) is 11.8 Å². The van der Waals surface area contributed by atoms with E-state index < -0.39 is 10.0 Å². The van der Waals surface area contributed by atoms with Gasteiger partial charge in [-0.25, -0.2) is 8.42 Å². The Hall–Kier alpha value is -1.83. The molecule has 1 aliphatic heterocycles. The van der Waals surface area contributed by atoms with Gasteiger partial charge in [-0.2, -0.15) is 4.31 Å². The Balaban J connectivity index is 1.86. The van der Waals surface area contributed by atoms with Crippen LogP contribution in [-0.4, -0.2) is 49.9 Å². The first-order chi connectivity index (χ1) is 14.2. The van der Waals surface area contributed by atoms with Gasteiger partial charge in [-0.3, -0.25) is 4.79 Å². The van der Waals surface area contributed by atoms with Crippen LogP contribution in [0.5, 0.6) is 0 Å². The summed E-state index contributed by atoms with van der Waals surface area (Å²) in [4.78, 5) is 16.0. The largest absolute Gasteiger partial charge is 0.339 e. The van der Waals surface area contributed by atoms with Crippen LogP contribution in [0.3, 0.4) is 0 Å². The minimum Gasteiger partial charge on any atom is -0.339 e. The van der Waals surface area contributed by atoms with E-state index in [1.807, 2.05) is 42.3 Å². The summed E-state index contributed by atoms with van der Waals surface area (Å²) in [5.74, 6) is 0.542. The Morgan fingerprint density at radius 2 is 1.77 bits per heavy atom. The van der Waals surface area contributed by atoms with Crippen LogP contribution >= 0.6 is 11.8 Å². The van der Waals surface area contributed by atoms with E-state index in [0.29, 0.717) is 11.5 Å². The molecule has 1 saturated heterocycles. The lowest BCUT2D eigenvalue weighted by atomic mass is 9.98. The first-order valence-electron chi connectivity index (χ1n) is 10.2. The van der Waals surface area contributed by atoms with Crippen molar-refractivity contribution in [2.75, 3.05) is 26.4 Å². The van der Waals surface area contributed by atoms with Gasteiger partial charge in [0.05, 0.1) is 10.5 Å². The molecule has 30 heavy (non-hydrogen) atoms. The summed E-state index contributed by atoms with van der Waals surface area (Å²) in [5, 5.41) is 0. The van der Waals surface area contributed by atoms with E-state index >= 15 is 0 Å². The Kier molecular flexibility index (Phi) is 7.26. The Bertz CT molecular complexity index is 996. The molecule has 162 valence electrons. The Morgan fingerprint density at radius 1 is 1.13 bits per heavy atom. The molecule has 1 amide bonds. The van der Waals surface area contributed by atoms with Gasteiger partial charge in [0.2, 0.25) is 10.0 Å². The maximum absolute atomic E-state index is 13.2. The zero-order valence-corrected chi connectivity index (χ0v) is 19.7. The standard InChI is InChI=1S/C23H30N2O3S2/c1-17-5-7-19(8-6-17)16-24(3)30(27,28)20-9-10-22(29-4)21(15-20)23(26)25-13-11-18(2)12-14-25/h5-10,15,18H,11-14,16H2,1-4H3. The highest BCUT2D eigenvalue weighted by atomic mass is 32.2. The van der Waals surface area contributed by atoms with Crippen LogP contribution in [0, 0.1) is 12.8 Å². The van der Waals surface area contributed by atoms with Gasteiger partial charge >= 0.3 is 0 Å². The summed E-state index contributed by atoms with van der Waals surface area (Å²) >= 11 is 1.46. The number of hydrogen-bond donors (Lipinski definition) is 0. The maximum atomic E-state index is 13.2. The number of rotatable bonds is 6. The SMILES string of the molecule is CSc1ccc(S(=O)(=O)N(C)Cc2ccc(C)cc2)cc1C(=O)N1CCC(C)CC1. The minimum absolute atomic E-state index is 0.0792. The molecule has 2 aromatic rings. The van der Waals surface area contributed by atoms with E-state index in [1.54, 1.807) is 25.2 Å². The summed E-state index contributed by atoms with van der Waals surface area (Å²) in [7, 11) is -2.14. The molecule has 7 heteroatoms. The third-order valence-electron chi connectivity index (χ3n) is 5.71. The fourth-order valence-corrected chi connectivity index (χ4v) is 5.37. The highest BCUT2D eigenvalue weighted by Crippen LogP contribution is 2.28. The lowest BCUT2D eigenvalue weighted by Gasteiger charge is -2.31. The number of benzene rings is 2. The van der Waals surface area contributed by atoms with E-state index in [0.717, 1.165) is 42.0 Å². The molecule has 0 unspecified atom stereocenters. The van der Waals surface area contributed by atoms with Crippen LogP contribution in [0.1, 0.15) is 41.3 Å². The van der Waals surface area contributed by atoms with E-state index in [-0.39, 0.29) is 17.3 Å². The summed E-state index contributed by atoms with van der Waals surface area (Å²) in [6.07, 6.45) is 3.87. The fourth-order valence-electron chi connectivity index (χ4n) is 3.61. The first kappa shape index (κ1) is 22.8. The minimum atomic E-state index is -3.71. The zero-order chi connectivity index (χ0) is 21.9. The van der Waals surface area contributed by atoms with Crippen molar-refractivity contribution in [2.45, 2.75) is 43.0 Å². The summed E-state index contributed by atoms with van der Waals surface area (Å²) < 4.78 is 27.7. The average molecular weight is 447 g/mol. The molecule has 0 spiro atoms. The summed E-state index contributed by atoms with van der Waals surface area (Å²) in [5.41, 5.74) is 2.53. The molecule has 3 rings (SSSR count). The number of aryl methyl sites for hydroxylation is 1. The lowest BCUT2D eigenvalue weighted by molar-refractivity contribution is 0.0693. The van der Waals surface area contributed by atoms with Crippen molar-refractivity contribution < 1.29 is 13.2 Å². The van der Waals surface area contributed by atoms with Gasteiger partial charge in [0.25, 0.3) is 5.91 Å². The van der Waals surface area contributed by atoms with Gasteiger partial charge in [0.1, 0.15) is 0 Å². The van der Waals surface area contributed by atoms with Crippen molar-refractivity contribution in [1.29, 1.82) is 0 Å². The molecule has 0 saturated carbocycles. The molecule has 0 aromatic heterocycles. The second-order valence-electron chi connectivity index (χ2n) is 8.08. The number of piperidine rings is 1. The Morgan fingerprint density at radius 3 is 2.37 bits per heavy atom. The number of likely N-dealkylation sites (tertiary alicyclic amines) is 1. The molecule has 0 atom stereocenters. The zero-order valence-electron chi connectivity index (χ0n) is 18.1. The molecule has 0 radical (unpaired) electrons. The van der Waals surface area contributed by atoms with E-state index in [1.165, 1.54) is 16.1 Å².